The van der Waals surface area contributed by atoms with Gasteiger partial charge in [-0.2, -0.15) is 17.6 Å². The lowest BCUT2D eigenvalue weighted by Gasteiger charge is -2.53. The fourth-order valence-electron chi connectivity index (χ4n) is 4.81. The van der Waals surface area contributed by atoms with Crippen molar-refractivity contribution in [2.75, 3.05) is 0 Å². The second-order valence-electron chi connectivity index (χ2n) is 5.97. The highest BCUT2D eigenvalue weighted by Crippen LogP contribution is 2.73. The van der Waals surface area contributed by atoms with E-state index in [4.69, 9.17) is 9.47 Å². The van der Waals surface area contributed by atoms with Gasteiger partial charge in [-0.15, -0.1) is 0 Å². The summed E-state index contributed by atoms with van der Waals surface area (Å²) in [6.45, 7) is 0. The Morgan fingerprint density at radius 2 is 1.17 bits per heavy atom. The lowest BCUT2D eigenvalue weighted by Crippen LogP contribution is -2.72. The van der Waals surface area contributed by atoms with Gasteiger partial charge in [-0.25, -0.2) is 0 Å². The third kappa shape index (κ3) is 0.744. The number of ether oxygens (including phenoxy) is 2. The highest BCUT2D eigenvalue weighted by atomic mass is 19.3. The molecule has 0 spiro atoms. The molecule has 2 nitrogen and oxygen atoms in total. The maximum Gasteiger partial charge on any atom is 0.316 e. The van der Waals surface area contributed by atoms with E-state index in [0.29, 0.717) is 0 Å². The minimum Gasteiger partial charge on any atom is -0.373 e. The van der Waals surface area contributed by atoms with Crippen LogP contribution in [0.25, 0.3) is 0 Å². The van der Waals surface area contributed by atoms with Crippen molar-refractivity contribution in [2.45, 2.75) is 36.3 Å². The largest absolute Gasteiger partial charge is 0.373 e. The molecule has 1 saturated carbocycles. The number of fused-ring (bicyclic) bond motifs is 12. The smallest absolute Gasteiger partial charge is 0.316 e. The lowest BCUT2D eigenvalue weighted by atomic mass is 9.53. The minimum atomic E-state index is -3.92. The van der Waals surface area contributed by atoms with Gasteiger partial charge in [0.05, 0.1) is 36.3 Å². The molecule has 4 heterocycles. The monoisotopic (exact) mass is 262 g/mol. The molecule has 0 aromatic rings. The van der Waals surface area contributed by atoms with E-state index < -0.39 is 35.9 Å². The third-order valence-corrected chi connectivity index (χ3v) is 5.46. The molecule has 3 saturated heterocycles. The van der Waals surface area contributed by atoms with Gasteiger partial charge in [0.2, 0.25) is 0 Å². The summed E-state index contributed by atoms with van der Waals surface area (Å²) in [6.07, 6.45) is 1.72. The van der Waals surface area contributed by atoms with E-state index in [1.54, 1.807) is 0 Å². The van der Waals surface area contributed by atoms with Gasteiger partial charge in [0, 0.05) is 11.8 Å². The molecule has 0 aromatic carbocycles. The highest BCUT2D eigenvalue weighted by molar-refractivity contribution is 5.30. The molecule has 5 rings (SSSR count). The molecule has 0 radical (unpaired) electrons. The molecule has 18 heavy (non-hydrogen) atoms. The number of rotatable bonds is 0. The Morgan fingerprint density at radius 3 is 1.61 bits per heavy atom. The normalized spacial score (nSPS) is 63.8. The molecule has 4 bridgehead atoms. The molecule has 8 atom stereocenters. The van der Waals surface area contributed by atoms with Crippen molar-refractivity contribution < 1.29 is 27.0 Å². The quantitative estimate of drug-likeness (QED) is 0.490. The van der Waals surface area contributed by atoms with Crippen LogP contribution in [0, 0.1) is 23.7 Å². The van der Waals surface area contributed by atoms with E-state index in [1.807, 2.05) is 12.2 Å². The zero-order valence-corrected chi connectivity index (χ0v) is 9.10. The Balaban J connectivity index is 1.61. The van der Waals surface area contributed by atoms with Crippen LogP contribution in [0.5, 0.6) is 0 Å². The summed E-state index contributed by atoms with van der Waals surface area (Å²) < 4.78 is 65.3. The Labute approximate surface area is 99.9 Å². The first-order chi connectivity index (χ1) is 8.44. The molecule has 0 unspecified atom stereocenters. The van der Waals surface area contributed by atoms with Crippen molar-refractivity contribution in [3.8, 4) is 0 Å². The van der Waals surface area contributed by atoms with Gasteiger partial charge >= 0.3 is 11.8 Å². The van der Waals surface area contributed by atoms with E-state index >= 15 is 0 Å². The Hall–Kier alpha value is -0.620. The lowest BCUT2D eigenvalue weighted by molar-refractivity contribution is -0.358. The van der Waals surface area contributed by atoms with Gasteiger partial charge in [-0.3, -0.25) is 0 Å². The van der Waals surface area contributed by atoms with Crippen LogP contribution in [0.4, 0.5) is 17.6 Å². The number of halogens is 4. The second-order valence-corrected chi connectivity index (χ2v) is 5.97. The third-order valence-electron chi connectivity index (χ3n) is 5.46. The molecule has 0 N–H and O–H groups in total. The maximum atomic E-state index is 13.5. The molecule has 4 fully saturated rings. The fraction of sp³-hybridized carbons (Fsp3) is 0.833. The predicted octanol–water partition coefficient (Wildman–Crippen LogP) is 1.85. The van der Waals surface area contributed by atoms with Crippen LogP contribution in [0.2, 0.25) is 0 Å². The van der Waals surface area contributed by atoms with Crippen molar-refractivity contribution in [1.82, 2.24) is 0 Å². The summed E-state index contributed by atoms with van der Waals surface area (Å²) in [5, 5.41) is 0. The van der Waals surface area contributed by atoms with Gasteiger partial charge in [-0.1, -0.05) is 12.2 Å². The summed E-state index contributed by atoms with van der Waals surface area (Å²) in [6, 6.07) is 0. The van der Waals surface area contributed by atoms with Crippen molar-refractivity contribution in [3.63, 3.8) is 0 Å². The van der Waals surface area contributed by atoms with Gasteiger partial charge in [0.15, 0.2) is 0 Å². The first-order valence-electron chi connectivity index (χ1n) is 6.19. The average molecular weight is 262 g/mol. The Morgan fingerprint density at radius 1 is 0.722 bits per heavy atom. The standard InChI is InChI=1S/C12H10F4O2/c13-11(14)7-8(12(11,15)16)10-6-4-2-1-3(17-4)5(6)9(7)18-10/h1-10H/t3-,4-,5-,6+,7+,8+,9+,10+/m1/s1. The highest BCUT2D eigenvalue weighted by Gasteiger charge is 2.89. The summed E-state index contributed by atoms with van der Waals surface area (Å²) in [5.41, 5.74) is 0. The first-order valence-corrected chi connectivity index (χ1v) is 6.19. The van der Waals surface area contributed by atoms with Crippen molar-refractivity contribution in [1.29, 1.82) is 0 Å². The molecular formula is C12H10F4O2. The molecule has 98 valence electrons. The second kappa shape index (κ2) is 2.50. The van der Waals surface area contributed by atoms with Gasteiger partial charge < -0.3 is 9.47 Å². The van der Waals surface area contributed by atoms with Crippen LogP contribution >= 0.6 is 0 Å². The number of alkyl halides is 4. The molecule has 0 aromatic heterocycles. The molecule has 1 aliphatic carbocycles. The van der Waals surface area contributed by atoms with Crippen LogP contribution in [0.3, 0.4) is 0 Å². The van der Waals surface area contributed by atoms with Gasteiger partial charge in [0.25, 0.3) is 0 Å². The summed E-state index contributed by atoms with van der Waals surface area (Å²) >= 11 is 0. The van der Waals surface area contributed by atoms with Crippen LogP contribution in [0.1, 0.15) is 0 Å². The molecular weight excluding hydrogens is 252 g/mol. The van der Waals surface area contributed by atoms with Crippen molar-refractivity contribution >= 4 is 0 Å². The predicted molar refractivity (Wildman–Crippen MR) is 50.3 cm³/mol. The van der Waals surface area contributed by atoms with Crippen molar-refractivity contribution in [3.05, 3.63) is 12.2 Å². The topological polar surface area (TPSA) is 18.5 Å². The van der Waals surface area contributed by atoms with E-state index in [2.05, 4.69) is 0 Å². The summed E-state index contributed by atoms with van der Waals surface area (Å²) in [7, 11) is 0. The molecule has 6 heteroatoms. The maximum absolute atomic E-state index is 13.5. The van der Waals surface area contributed by atoms with E-state index in [1.165, 1.54) is 0 Å². The first kappa shape index (κ1) is 10.2. The van der Waals surface area contributed by atoms with Gasteiger partial charge in [0.1, 0.15) is 0 Å². The van der Waals surface area contributed by atoms with Crippen LogP contribution in [0.15, 0.2) is 12.2 Å². The summed E-state index contributed by atoms with van der Waals surface area (Å²) in [5.74, 6) is -10.8. The zero-order valence-electron chi connectivity index (χ0n) is 9.10. The minimum absolute atomic E-state index is 0.159. The van der Waals surface area contributed by atoms with Crippen LogP contribution in [-0.2, 0) is 9.47 Å². The van der Waals surface area contributed by atoms with E-state index in [0.717, 1.165) is 0 Å². The zero-order chi connectivity index (χ0) is 12.4. The van der Waals surface area contributed by atoms with E-state index in [-0.39, 0.29) is 24.0 Å². The van der Waals surface area contributed by atoms with Crippen LogP contribution < -0.4 is 0 Å². The number of hydrogen-bond donors (Lipinski definition) is 0. The molecule has 0 amide bonds. The Bertz CT molecular complexity index is 437. The SMILES string of the molecule is FC1(F)[C@@H]2[C@H]3O[C@@H]([C@H]4[C@@H]3[C@H]3C=C[C@H]4O3)[C@H]2C1(F)F. The van der Waals surface area contributed by atoms with Gasteiger partial charge in [-0.05, 0) is 0 Å². The molecule has 4 aliphatic heterocycles. The average Bonchev–Trinajstić information content (AvgIpc) is 3.04. The number of hydrogen-bond acceptors (Lipinski definition) is 2. The van der Waals surface area contributed by atoms with E-state index in [9.17, 15) is 17.6 Å². The summed E-state index contributed by atoms with van der Waals surface area (Å²) in [4.78, 5) is 0. The van der Waals surface area contributed by atoms with Crippen molar-refractivity contribution in [2.24, 2.45) is 23.7 Å². The molecule has 5 aliphatic rings. The fourth-order valence-corrected chi connectivity index (χ4v) is 4.81. The Kier molecular flexibility index (Phi) is 1.42. The van der Waals surface area contributed by atoms with Crippen LogP contribution in [-0.4, -0.2) is 36.3 Å².